The van der Waals surface area contributed by atoms with E-state index in [-0.39, 0.29) is 5.02 Å². The molecule has 94 valence electrons. The molecular weight excluding hydrogens is 251 g/mol. The van der Waals surface area contributed by atoms with Gasteiger partial charge >= 0.3 is 0 Å². The Hall–Kier alpha value is -1.38. The van der Waals surface area contributed by atoms with Crippen LogP contribution in [-0.4, -0.2) is 5.11 Å². The summed E-state index contributed by atoms with van der Waals surface area (Å²) in [6, 6.07) is 9.87. The van der Waals surface area contributed by atoms with E-state index in [2.05, 4.69) is 0 Å². The third-order valence-electron chi connectivity index (χ3n) is 2.92. The Morgan fingerprint density at radius 1 is 1.11 bits per heavy atom. The monoisotopic (exact) mass is 264 g/mol. The highest BCUT2D eigenvalue weighted by atomic mass is 35.5. The molecule has 0 bridgehead atoms. The third-order valence-corrected chi connectivity index (χ3v) is 3.14. The first-order chi connectivity index (χ1) is 8.47. The lowest BCUT2D eigenvalue weighted by Gasteiger charge is -2.15. The smallest absolute Gasteiger partial charge is 0.125 e. The fraction of sp³-hybridized carbons (Fsp3) is 0.200. The molecule has 0 saturated carbocycles. The van der Waals surface area contributed by atoms with E-state index < -0.39 is 11.9 Å². The molecule has 0 aliphatic carbocycles. The summed E-state index contributed by atoms with van der Waals surface area (Å²) in [5, 5.41) is 10.6. The molecule has 1 nitrogen and oxygen atoms in total. The highest BCUT2D eigenvalue weighted by Gasteiger charge is 2.14. The fourth-order valence-corrected chi connectivity index (χ4v) is 2.28. The molecule has 1 atom stereocenters. The summed E-state index contributed by atoms with van der Waals surface area (Å²) in [4.78, 5) is 0. The highest BCUT2D eigenvalue weighted by molar-refractivity contribution is 6.30. The lowest BCUT2D eigenvalue weighted by atomic mass is 9.96. The Balaban J connectivity index is 2.44. The molecule has 0 aromatic heterocycles. The normalized spacial score (nSPS) is 12.5. The van der Waals surface area contributed by atoms with Crippen LogP contribution in [0.15, 0.2) is 36.4 Å². The second-order valence-electron chi connectivity index (χ2n) is 4.47. The molecule has 2 aromatic rings. The average molecular weight is 265 g/mol. The second kappa shape index (κ2) is 5.09. The first-order valence-corrected chi connectivity index (χ1v) is 6.06. The molecule has 2 aromatic carbocycles. The van der Waals surface area contributed by atoms with Crippen LogP contribution >= 0.6 is 11.6 Å². The van der Waals surface area contributed by atoms with Gasteiger partial charge in [-0.05, 0) is 48.7 Å². The van der Waals surface area contributed by atoms with Crippen molar-refractivity contribution in [1.29, 1.82) is 0 Å². The Bertz CT molecular complexity index is 560. The predicted octanol–water partition coefficient (Wildman–Crippen LogP) is 4.18. The van der Waals surface area contributed by atoms with E-state index in [1.807, 2.05) is 32.0 Å². The van der Waals surface area contributed by atoms with Gasteiger partial charge in [-0.3, -0.25) is 0 Å². The van der Waals surface area contributed by atoms with Gasteiger partial charge in [-0.2, -0.15) is 0 Å². The number of hydrogen-bond donors (Lipinski definition) is 1. The lowest BCUT2D eigenvalue weighted by molar-refractivity contribution is 0.219. The Kier molecular flexibility index (Phi) is 3.69. The van der Waals surface area contributed by atoms with Crippen LogP contribution in [0.1, 0.15) is 28.4 Å². The SMILES string of the molecule is Cc1ccc(C(O)c2cc(F)cc(Cl)c2)c(C)c1. The van der Waals surface area contributed by atoms with Crippen molar-refractivity contribution in [2.24, 2.45) is 0 Å². The Labute approximate surface area is 111 Å². The molecule has 0 amide bonds. The van der Waals surface area contributed by atoms with Crippen molar-refractivity contribution < 1.29 is 9.50 Å². The number of aliphatic hydroxyl groups excluding tert-OH is 1. The van der Waals surface area contributed by atoms with Crippen LogP contribution in [0, 0.1) is 19.7 Å². The molecule has 0 heterocycles. The molecule has 0 aliphatic rings. The topological polar surface area (TPSA) is 20.2 Å². The maximum atomic E-state index is 13.3. The third kappa shape index (κ3) is 2.71. The number of halogens is 2. The molecule has 0 saturated heterocycles. The quantitative estimate of drug-likeness (QED) is 0.863. The molecule has 3 heteroatoms. The molecule has 0 aliphatic heterocycles. The second-order valence-corrected chi connectivity index (χ2v) is 4.90. The number of benzene rings is 2. The number of aliphatic hydroxyl groups is 1. The van der Waals surface area contributed by atoms with Crippen LogP contribution in [0.4, 0.5) is 4.39 Å². The van der Waals surface area contributed by atoms with Gasteiger partial charge in [0.15, 0.2) is 0 Å². The summed E-state index contributed by atoms with van der Waals surface area (Å²) in [6.07, 6.45) is -0.862. The van der Waals surface area contributed by atoms with Crippen molar-refractivity contribution in [3.63, 3.8) is 0 Å². The van der Waals surface area contributed by atoms with E-state index in [4.69, 9.17) is 11.6 Å². The minimum atomic E-state index is -0.862. The minimum absolute atomic E-state index is 0.286. The zero-order chi connectivity index (χ0) is 13.3. The van der Waals surface area contributed by atoms with Crippen LogP contribution in [-0.2, 0) is 0 Å². The van der Waals surface area contributed by atoms with Gasteiger partial charge in [-0.15, -0.1) is 0 Å². The van der Waals surface area contributed by atoms with Crippen LogP contribution in [0.5, 0.6) is 0 Å². The largest absolute Gasteiger partial charge is 0.384 e. The summed E-state index contributed by atoms with van der Waals surface area (Å²) in [5.74, 6) is -0.443. The molecule has 1 unspecified atom stereocenters. The molecule has 1 N–H and O–H groups in total. The molecule has 0 spiro atoms. The summed E-state index contributed by atoms with van der Waals surface area (Å²) in [7, 11) is 0. The zero-order valence-electron chi connectivity index (χ0n) is 10.2. The van der Waals surface area contributed by atoms with Gasteiger partial charge < -0.3 is 5.11 Å². The van der Waals surface area contributed by atoms with Gasteiger partial charge in [-0.25, -0.2) is 4.39 Å². The van der Waals surface area contributed by atoms with Gasteiger partial charge in [0.25, 0.3) is 0 Å². The van der Waals surface area contributed by atoms with E-state index in [0.29, 0.717) is 5.56 Å². The summed E-state index contributed by atoms with van der Waals surface area (Å²) in [5.41, 5.74) is 3.33. The van der Waals surface area contributed by atoms with Crippen molar-refractivity contribution in [2.45, 2.75) is 20.0 Å². The van der Waals surface area contributed by atoms with Crippen molar-refractivity contribution in [1.82, 2.24) is 0 Å². The molecule has 18 heavy (non-hydrogen) atoms. The van der Waals surface area contributed by atoms with Gasteiger partial charge in [0.1, 0.15) is 11.9 Å². The number of rotatable bonds is 2. The Morgan fingerprint density at radius 3 is 2.44 bits per heavy atom. The average Bonchev–Trinajstić information content (AvgIpc) is 2.26. The van der Waals surface area contributed by atoms with Gasteiger partial charge in [0.2, 0.25) is 0 Å². The highest BCUT2D eigenvalue weighted by Crippen LogP contribution is 2.27. The van der Waals surface area contributed by atoms with Crippen molar-refractivity contribution in [3.05, 3.63) is 69.5 Å². The molecule has 0 radical (unpaired) electrons. The van der Waals surface area contributed by atoms with Crippen LogP contribution in [0.2, 0.25) is 5.02 Å². The maximum absolute atomic E-state index is 13.3. The van der Waals surface area contributed by atoms with E-state index >= 15 is 0 Å². The first-order valence-electron chi connectivity index (χ1n) is 5.68. The predicted molar refractivity (Wildman–Crippen MR) is 71.4 cm³/mol. The van der Waals surface area contributed by atoms with Crippen molar-refractivity contribution in [2.75, 3.05) is 0 Å². The van der Waals surface area contributed by atoms with Crippen LogP contribution < -0.4 is 0 Å². The summed E-state index contributed by atoms with van der Waals surface area (Å²) >= 11 is 5.80. The van der Waals surface area contributed by atoms with Crippen molar-refractivity contribution in [3.8, 4) is 0 Å². The number of aryl methyl sites for hydroxylation is 2. The van der Waals surface area contributed by atoms with Gasteiger partial charge in [0.05, 0.1) is 0 Å². The van der Waals surface area contributed by atoms with Crippen LogP contribution in [0.25, 0.3) is 0 Å². The van der Waals surface area contributed by atoms with Gasteiger partial charge in [-0.1, -0.05) is 35.4 Å². The van der Waals surface area contributed by atoms with Crippen LogP contribution in [0.3, 0.4) is 0 Å². The van der Waals surface area contributed by atoms with Gasteiger partial charge in [0, 0.05) is 5.02 Å². The number of hydrogen-bond acceptors (Lipinski definition) is 1. The van der Waals surface area contributed by atoms with E-state index in [0.717, 1.165) is 16.7 Å². The van der Waals surface area contributed by atoms with E-state index in [9.17, 15) is 9.50 Å². The fourth-order valence-electron chi connectivity index (χ4n) is 2.05. The summed E-state index contributed by atoms with van der Waals surface area (Å²) in [6.45, 7) is 3.91. The molecular formula is C15H14ClFO. The minimum Gasteiger partial charge on any atom is -0.384 e. The summed E-state index contributed by atoms with van der Waals surface area (Å²) < 4.78 is 13.3. The zero-order valence-corrected chi connectivity index (χ0v) is 11.0. The molecule has 2 rings (SSSR count). The Morgan fingerprint density at radius 2 is 1.83 bits per heavy atom. The van der Waals surface area contributed by atoms with E-state index in [1.54, 1.807) is 6.07 Å². The van der Waals surface area contributed by atoms with E-state index in [1.165, 1.54) is 12.1 Å². The molecule has 0 fully saturated rings. The lowest BCUT2D eigenvalue weighted by Crippen LogP contribution is -2.03. The van der Waals surface area contributed by atoms with Crippen molar-refractivity contribution >= 4 is 11.6 Å². The maximum Gasteiger partial charge on any atom is 0.125 e. The first kappa shape index (κ1) is 13.1. The standard InChI is InChI=1S/C15H14ClFO/c1-9-3-4-14(10(2)5-9)15(18)11-6-12(16)8-13(17)7-11/h3-8,15,18H,1-2H3.